The predicted octanol–water partition coefficient (Wildman–Crippen LogP) is 3.68. The standard InChI is InChI=1S/C15H14N2O3/c1-9(2)14(18)16-10-5-6-12-11(8-10)17-15(20-12)13-4-3-7-19-13/h3-9H,1-2H3,(H,16,18). The van der Waals surface area contributed by atoms with Crippen molar-refractivity contribution < 1.29 is 13.6 Å². The SMILES string of the molecule is CC(C)C(=O)Nc1ccc2oc(-c3ccco3)nc2c1. The number of oxazole rings is 1. The third-order valence-electron chi connectivity index (χ3n) is 2.91. The minimum absolute atomic E-state index is 0.0286. The van der Waals surface area contributed by atoms with Crippen LogP contribution >= 0.6 is 0 Å². The Hall–Kier alpha value is -2.56. The molecule has 3 aromatic rings. The van der Waals surface area contributed by atoms with Crippen LogP contribution in [-0.4, -0.2) is 10.9 Å². The first-order chi connectivity index (χ1) is 9.63. The van der Waals surface area contributed by atoms with Crippen LogP contribution in [0.25, 0.3) is 22.8 Å². The van der Waals surface area contributed by atoms with Crippen molar-refractivity contribution in [3.8, 4) is 11.7 Å². The van der Waals surface area contributed by atoms with Crippen LogP contribution in [0.1, 0.15) is 13.8 Å². The molecule has 2 heterocycles. The fourth-order valence-corrected chi connectivity index (χ4v) is 1.80. The molecule has 0 aliphatic carbocycles. The zero-order valence-electron chi connectivity index (χ0n) is 11.2. The van der Waals surface area contributed by atoms with Crippen LogP contribution in [0.5, 0.6) is 0 Å². The number of aromatic nitrogens is 1. The summed E-state index contributed by atoms with van der Waals surface area (Å²) in [5, 5.41) is 2.83. The van der Waals surface area contributed by atoms with Gasteiger partial charge in [-0.25, -0.2) is 4.98 Å². The molecular weight excluding hydrogens is 256 g/mol. The van der Waals surface area contributed by atoms with E-state index in [1.165, 1.54) is 0 Å². The molecule has 5 nitrogen and oxygen atoms in total. The van der Waals surface area contributed by atoms with Gasteiger partial charge in [0.05, 0.1) is 6.26 Å². The van der Waals surface area contributed by atoms with Crippen LogP contribution in [0.3, 0.4) is 0 Å². The molecule has 2 aromatic heterocycles. The number of hydrogen-bond donors (Lipinski definition) is 1. The number of anilines is 1. The van der Waals surface area contributed by atoms with E-state index in [4.69, 9.17) is 8.83 Å². The van der Waals surface area contributed by atoms with Crippen molar-refractivity contribution in [2.45, 2.75) is 13.8 Å². The largest absolute Gasteiger partial charge is 0.459 e. The smallest absolute Gasteiger partial charge is 0.263 e. The molecule has 1 aromatic carbocycles. The van der Waals surface area contributed by atoms with Gasteiger partial charge in [-0.05, 0) is 30.3 Å². The summed E-state index contributed by atoms with van der Waals surface area (Å²) in [4.78, 5) is 16.0. The van der Waals surface area contributed by atoms with Crippen molar-refractivity contribution in [3.05, 3.63) is 36.6 Å². The second-order valence-electron chi connectivity index (χ2n) is 4.82. The second kappa shape index (κ2) is 4.85. The lowest BCUT2D eigenvalue weighted by molar-refractivity contribution is -0.118. The van der Waals surface area contributed by atoms with E-state index in [2.05, 4.69) is 10.3 Å². The highest BCUT2D eigenvalue weighted by molar-refractivity contribution is 5.94. The lowest BCUT2D eigenvalue weighted by atomic mass is 10.2. The van der Waals surface area contributed by atoms with Gasteiger partial charge in [0.15, 0.2) is 11.3 Å². The van der Waals surface area contributed by atoms with Crippen LogP contribution in [0, 0.1) is 5.92 Å². The Morgan fingerprint density at radius 1 is 1.30 bits per heavy atom. The number of nitrogens with zero attached hydrogens (tertiary/aromatic N) is 1. The number of nitrogens with one attached hydrogen (secondary N) is 1. The summed E-state index contributed by atoms with van der Waals surface area (Å²) in [6.45, 7) is 3.69. The summed E-state index contributed by atoms with van der Waals surface area (Å²) in [7, 11) is 0. The van der Waals surface area contributed by atoms with Crippen molar-refractivity contribution >= 4 is 22.7 Å². The Balaban J connectivity index is 1.93. The number of hydrogen-bond acceptors (Lipinski definition) is 4. The lowest BCUT2D eigenvalue weighted by Gasteiger charge is -2.06. The molecule has 3 rings (SSSR count). The number of amides is 1. The van der Waals surface area contributed by atoms with Crippen LogP contribution in [0.2, 0.25) is 0 Å². The molecule has 5 heteroatoms. The van der Waals surface area contributed by atoms with Gasteiger partial charge in [0.25, 0.3) is 5.89 Å². The van der Waals surface area contributed by atoms with E-state index >= 15 is 0 Å². The average molecular weight is 270 g/mol. The average Bonchev–Trinajstić information content (AvgIpc) is 3.06. The van der Waals surface area contributed by atoms with Gasteiger partial charge in [-0.2, -0.15) is 0 Å². The molecule has 0 aliphatic heterocycles. The van der Waals surface area contributed by atoms with Crippen LogP contribution in [0.4, 0.5) is 5.69 Å². The topological polar surface area (TPSA) is 68.3 Å². The summed E-state index contributed by atoms with van der Waals surface area (Å²) < 4.78 is 10.9. The number of carbonyl (C=O) groups excluding carboxylic acids is 1. The molecule has 0 spiro atoms. The summed E-state index contributed by atoms with van der Waals surface area (Å²) in [6.07, 6.45) is 1.57. The minimum atomic E-state index is -0.0679. The van der Waals surface area contributed by atoms with Gasteiger partial charge in [-0.1, -0.05) is 13.8 Å². The fourth-order valence-electron chi connectivity index (χ4n) is 1.80. The van der Waals surface area contributed by atoms with Gasteiger partial charge in [-0.15, -0.1) is 0 Å². The molecule has 0 aliphatic rings. The van der Waals surface area contributed by atoms with Crippen molar-refractivity contribution in [3.63, 3.8) is 0 Å². The molecule has 0 saturated carbocycles. The maximum Gasteiger partial charge on any atom is 0.263 e. The van der Waals surface area contributed by atoms with E-state index in [1.807, 2.05) is 13.8 Å². The van der Waals surface area contributed by atoms with E-state index in [0.717, 1.165) is 0 Å². The Kier molecular flexibility index (Phi) is 3.02. The Morgan fingerprint density at radius 3 is 2.85 bits per heavy atom. The second-order valence-corrected chi connectivity index (χ2v) is 4.82. The van der Waals surface area contributed by atoms with Gasteiger partial charge >= 0.3 is 0 Å². The van der Waals surface area contributed by atoms with Gasteiger partial charge < -0.3 is 14.2 Å². The molecule has 0 unspecified atom stereocenters. The Bertz CT molecular complexity index is 742. The molecule has 1 N–H and O–H groups in total. The first-order valence-corrected chi connectivity index (χ1v) is 6.39. The van der Waals surface area contributed by atoms with Crippen LogP contribution in [0.15, 0.2) is 45.4 Å². The first kappa shape index (κ1) is 12.5. The highest BCUT2D eigenvalue weighted by Crippen LogP contribution is 2.26. The first-order valence-electron chi connectivity index (χ1n) is 6.39. The Labute approximate surface area is 115 Å². The van der Waals surface area contributed by atoms with Crippen molar-refractivity contribution in [1.82, 2.24) is 4.98 Å². The summed E-state index contributed by atoms with van der Waals surface area (Å²) in [6, 6.07) is 8.92. The van der Waals surface area contributed by atoms with E-state index in [9.17, 15) is 4.79 Å². The van der Waals surface area contributed by atoms with E-state index in [0.29, 0.717) is 28.4 Å². The van der Waals surface area contributed by atoms with Crippen LogP contribution in [-0.2, 0) is 4.79 Å². The van der Waals surface area contributed by atoms with Gasteiger partial charge in [-0.3, -0.25) is 4.79 Å². The molecule has 0 bridgehead atoms. The van der Waals surface area contributed by atoms with E-state index in [-0.39, 0.29) is 11.8 Å². The maximum atomic E-state index is 11.7. The van der Waals surface area contributed by atoms with Crippen LogP contribution < -0.4 is 5.32 Å². The molecule has 0 saturated heterocycles. The normalized spacial score (nSPS) is 11.2. The molecule has 20 heavy (non-hydrogen) atoms. The number of furan rings is 1. The third-order valence-corrected chi connectivity index (χ3v) is 2.91. The molecule has 0 fully saturated rings. The zero-order valence-corrected chi connectivity index (χ0v) is 11.2. The van der Waals surface area contributed by atoms with E-state index < -0.39 is 0 Å². The highest BCUT2D eigenvalue weighted by Gasteiger charge is 2.12. The number of benzene rings is 1. The number of fused-ring (bicyclic) bond motifs is 1. The summed E-state index contributed by atoms with van der Waals surface area (Å²) in [5.41, 5.74) is 2.03. The summed E-state index contributed by atoms with van der Waals surface area (Å²) in [5.74, 6) is 0.909. The fraction of sp³-hybridized carbons (Fsp3) is 0.200. The Morgan fingerprint density at radius 2 is 2.15 bits per heavy atom. The molecule has 102 valence electrons. The zero-order chi connectivity index (χ0) is 14.1. The summed E-state index contributed by atoms with van der Waals surface area (Å²) >= 11 is 0. The lowest BCUT2D eigenvalue weighted by Crippen LogP contribution is -2.17. The molecule has 1 amide bonds. The third kappa shape index (κ3) is 2.30. The predicted molar refractivity (Wildman–Crippen MR) is 75.2 cm³/mol. The maximum absolute atomic E-state index is 11.7. The van der Waals surface area contributed by atoms with Gasteiger partial charge in [0.2, 0.25) is 5.91 Å². The van der Waals surface area contributed by atoms with Gasteiger partial charge in [0, 0.05) is 11.6 Å². The molecule has 0 radical (unpaired) electrons. The highest BCUT2D eigenvalue weighted by atomic mass is 16.4. The molecule has 0 atom stereocenters. The molecular formula is C15H14N2O3. The van der Waals surface area contributed by atoms with Crippen molar-refractivity contribution in [1.29, 1.82) is 0 Å². The van der Waals surface area contributed by atoms with Gasteiger partial charge in [0.1, 0.15) is 5.52 Å². The minimum Gasteiger partial charge on any atom is -0.459 e. The van der Waals surface area contributed by atoms with Crippen molar-refractivity contribution in [2.24, 2.45) is 5.92 Å². The quantitative estimate of drug-likeness (QED) is 0.788. The van der Waals surface area contributed by atoms with Crippen molar-refractivity contribution in [2.75, 3.05) is 5.32 Å². The number of carbonyl (C=O) groups is 1. The number of rotatable bonds is 3. The van der Waals surface area contributed by atoms with E-state index in [1.54, 1.807) is 36.6 Å². The monoisotopic (exact) mass is 270 g/mol.